The quantitative estimate of drug-likeness (QED) is 0.817. The van der Waals surface area contributed by atoms with Crippen molar-refractivity contribution in [1.82, 2.24) is 9.88 Å². The topological polar surface area (TPSA) is 85.5 Å². The van der Waals surface area contributed by atoms with E-state index in [1.54, 1.807) is 17.8 Å². The van der Waals surface area contributed by atoms with Gasteiger partial charge in [0.05, 0.1) is 12.1 Å². The second-order valence-electron chi connectivity index (χ2n) is 6.07. The molecule has 1 saturated heterocycles. The van der Waals surface area contributed by atoms with Crippen molar-refractivity contribution in [2.24, 2.45) is 5.73 Å². The number of pyridine rings is 1. The molecule has 0 aliphatic carbocycles. The van der Waals surface area contributed by atoms with Crippen LogP contribution in [0.5, 0.6) is 5.75 Å². The minimum atomic E-state index is -0.593. The van der Waals surface area contributed by atoms with Crippen molar-refractivity contribution in [2.75, 3.05) is 19.3 Å². The SMILES string of the molecule is CSc1ccccc1C(=O)N1CCCC(Oc2ccnc(C(N)=O)c2)C1. The number of carbonyl (C=O) groups is 2. The van der Waals surface area contributed by atoms with Gasteiger partial charge in [-0.05, 0) is 37.3 Å². The summed E-state index contributed by atoms with van der Waals surface area (Å²) in [5, 5.41) is 0. The molecular formula is C19H21N3O3S. The first-order chi connectivity index (χ1) is 12.6. The van der Waals surface area contributed by atoms with Gasteiger partial charge in [0, 0.05) is 23.7 Å². The Morgan fingerprint density at radius 1 is 1.31 bits per heavy atom. The number of benzene rings is 1. The highest BCUT2D eigenvalue weighted by molar-refractivity contribution is 7.98. The fourth-order valence-corrected chi connectivity index (χ4v) is 3.61. The van der Waals surface area contributed by atoms with Crippen molar-refractivity contribution in [3.8, 4) is 5.75 Å². The number of carbonyl (C=O) groups excluding carboxylic acids is 2. The van der Waals surface area contributed by atoms with Crippen molar-refractivity contribution in [3.05, 3.63) is 53.9 Å². The molecule has 6 nitrogen and oxygen atoms in total. The number of aromatic nitrogens is 1. The molecular weight excluding hydrogens is 350 g/mol. The van der Waals surface area contributed by atoms with Crippen LogP contribution >= 0.6 is 11.8 Å². The van der Waals surface area contributed by atoms with Gasteiger partial charge in [-0.3, -0.25) is 14.6 Å². The minimum absolute atomic E-state index is 0.0239. The Balaban J connectivity index is 1.70. The van der Waals surface area contributed by atoms with Gasteiger partial charge in [0.2, 0.25) is 0 Å². The van der Waals surface area contributed by atoms with E-state index in [2.05, 4.69) is 4.98 Å². The van der Waals surface area contributed by atoms with Crippen molar-refractivity contribution < 1.29 is 14.3 Å². The summed E-state index contributed by atoms with van der Waals surface area (Å²) in [5.41, 5.74) is 6.15. The molecule has 1 aliphatic rings. The average molecular weight is 371 g/mol. The molecule has 1 fully saturated rings. The summed E-state index contributed by atoms with van der Waals surface area (Å²) < 4.78 is 5.97. The van der Waals surface area contributed by atoms with Crippen LogP contribution < -0.4 is 10.5 Å². The number of rotatable bonds is 5. The van der Waals surface area contributed by atoms with Crippen LogP contribution in [0.4, 0.5) is 0 Å². The summed E-state index contributed by atoms with van der Waals surface area (Å²) in [5.74, 6) is -0.0296. The van der Waals surface area contributed by atoms with E-state index in [-0.39, 0.29) is 17.7 Å². The van der Waals surface area contributed by atoms with Gasteiger partial charge >= 0.3 is 0 Å². The van der Waals surface area contributed by atoms with Crippen molar-refractivity contribution in [1.29, 1.82) is 0 Å². The van der Waals surface area contributed by atoms with Gasteiger partial charge in [-0.25, -0.2) is 0 Å². The number of hydrogen-bond donors (Lipinski definition) is 1. The molecule has 2 aromatic rings. The number of thioether (sulfide) groups is 1. The highest BCUT2D eigenvalue weighted by atomic mass is 32.2. The maximum atomic E-state index is 12.9. The van der Waals surface area contributed by atoms with E-state index < -0.39 is 5.91 Å². The zero-order chi connectivity index (χ0) is 18.5. The van der Waals surface area contributed by atoms with E-state index in [0.717, 1.165) is 23.3 Å². The lowest BCUT2D eigenvalue weighted by Gasteiger charge is -2.33. The monoisotopic (exact) mass is 371 g/mol. The Morgan fingerprint density at radius 2 is 2.12 bits per heavy atom. The second-order valence-corrected chi connectivity index (χ2v) is 6.92. The van der Waals surface area contributed by atoms with Crippen LogP contribution in [0, 0.1) is 0 Å². The molecule has 1 atom stereocenters. The molecule has 2 N–H and O–H groups in total. The number of primary amides is 1. The van der Waals surface area contributed by atoms with Gasteiger partial charge in [-0.2, -0.15) is 0 Å². The smallest absolute Gasteiger partial charge is 0.267 e. The lowest BCUT2D eigenvalue weighted by atomic mass is 10.1. The summed E-state index contributed by atoms with van der Waals surface area (Å²) in [6.07, 6.45) is 5.05. The first kappa shape index (κ1) is 18.3. The van der Waals surface area contributed by atoms with Crippen molar-refractivity contribution in [3.63, 3.8) is 0 Å². The average Bonchev–Trinajstić information content (AvgIpc) is 2.67. The fourth-order valence-electron chi connectivity index (χ4n) is 3.02. The third-order valence-corrected chi connectivity index (χ3v) is 5.09. The van der Waals surface area contributed by atoms with Crippen LogP contribution in [0.1, 0.15) is 33.7 Å². The van der Waals surface area contributed by atoms with Crippen LogP contribution in [0.3, 0.4) is 0 Å². The summed E-state index contributed by atoms with van der Waals surface area (Å²) in [7, 11) is 0. The normalized spacial score (nSPS) is 17.0. The third-order valence-electron chi connectivity index (χ3n) is 4.29. The molecule has 2 heterocycles. The zero-order valence-electron chi connectivity index (χ0n) is 14.6. The van der Waals surface area contributed by atoms with E-state index in [1.807, 2.05) is 35.4 Å². The lowest BCUT2D eigenvalue weighted by molar-refractivity contribution is 0.0534. The van der Waals surface area contributed by atoms with Crippen LogP contribution in [0.2, 0.25) is 0 Å². The lowest BCUT2D eigenvalue weighted by Crippen LogP contribution is -2.44. The van der Waals surface area contributed by atoms with Crippen molar-refractivity contribution >= 4 is 23.6 Å². The van der Waals surface area contributed by atoms with Gasteiger partial charge in [-0.1, -0.05) is 12.1 Å². The molecule has 2 amide bonds. The molecule has 0 bridgehead atoms. The highest BCUT2D eigenvalue weighted by Gasteiger charge is 2.27. The summed E-state index contributed by atoms with van der Waals surface area (Å²) in [6.45, 7) is 1.22. The molecule has 3 rings (SSSR count). The molecule has 1 aromatic heterocycles. The zero-order valence-corrected chi connectivity index (χ0v) is 15.4. The maximum absolute atomic E-state index is 12.9. The van der Waals surface area contributed by atoms with Crippen LogP contribution in [-0.4, -0.2) is 47.1 Å². The second kappa shape index (κ2) is 8.23. The van der Waals surface area contributed by atoms with Crippen molar-refractivity contribution in [2.45, 2.75) is 23.8 Å². The molecule has 1 aromatic carbocycles. The number of hydrogen-bond acceptors (Lipinski definition) is 5. The Hall–Kier alpha value is -2.54. The molecule has 0 saturated carbocycles. The number of amides is 2. The Bertz CT molecular complexity index is 812. The van der Waals surface area contributed by atoms with Gasteiger partial charge < -0.3 is 15.4 Å². The minimum Gasteiger partial charge on any atom is -0.488 e. The van der Waals surface area contributed by atoms with E-state index >= 15 is 0 Å². The Morgan fingerprint density at radius 3 is 2.88 bits per heavy atom. The number of piperidine rings is 1. The van der Waals surface area contributed by atoms with E-state index in [4.69, 9.17) is 10.5 Å². The predicted octanol–water partition coefficient (Wildman–Crippen LogP) is 2.59. The van der Waals surface area contributed by atoms with Gasteiger partial charge in [0.25, 0.3) is 11.8 Å². The number of likely N-dealkylation sites (tertiary alicyclic amines) is 1. The molecule has 1 aliphatic heterocycles. The fraction of sp³-hybridized carbons (Fsp3) is 0.316. The number of nitrogens with zero attached hydrogens (tertiary/aromatic N) is 2. The van der Waals surface area contributed by atoms with E-state index in [0.29, 0.717) is 18.8 Å². The first-order valence-electron chi connectivity index (χ1n) is 8.43. The van der Waals surface area contributed by atoms with E-state index in [9.17, 15) is 9.59 Å². The van der Waals surface area contributed by atoms with Gasteiger partial charge in [0.15, 0.2) is 0 Å². The Kier molecular flexibility index (Phi) is 5.78. The molecule has 0 radical (unpaired) electrons. The number of nitrogens with two attached hydrogens (primary N) is 1. The molecule has 136 valence electrons. The predicted molar refractivity (Wildman–Crippen MR) is 101 cm³/mol. The molecule has 7 heteroatoms. The summed E-state index contributed by atoms with van der Waals surface area (Å²) in [6, 6.07) is 10.9. The van der Waals surface area contributed by atoms with Crippen LogP contribution in [-0.2, 0) is 0 Å². The Labute approximate surface area is 156 Å². The molecule has 26 heavy (non-hydrogen) atoms. The highest BCUT2D eigenvalue weighted by Crippen LogP contribution is 2.24. The first-order valence-corrected chi connectivity index (χ1v) is 9.65. The third kappa shape index (κ3) is 4.16. The summed E-state index contributed by atoms with van der Waals surface area (Å²) >= 11 is 1.57. The number of ether oxygens (including phenoxy) is 1. The van der Waals surface area contributed by atoms with Crippen LogP contribution in [0.15, 0.2) is 47.5 Å². The largest absolute Gasteiger partial charge is 0.488 e. The van der Waals surface area contributed by atoms with Gasteiger partial charge in [0.1, 0.15) is 17.5 Å². The van der Waals surface area contributed by atoms with Gasteiger partial charge in [-0.15, -0.1) is 11.8 Å². The standard InChI is InChI=1S/C19H21N3O3S/c1-26-17-7-3-2-6-15(17)19(24)22-10-4-5-14(12-22)25-13-8-9-21-16(11-13)18(20)23/h2-3,6-9,11,14H,4-5,10,12H2,1H3,(H2,20,23). The molecule has 1 unspecified atom stereocenters. The molecule has 0 spiro atoms. The van der Waals surface area contributed by atoms with E-state index in [1.165, 1.54) is 12.3 Å². The van der Waals surface area contributed by atoms with Crippen LogP contribution in [0.25, 0.3) is 0 Å². The maximum Gasteiger partial charge on any atom is 0.267 e. The summed E-state index contributed by atoms with van der Waals surface area (Å²) in [4.78, 5) is 30.9.